The smallest absolute Gasteiger partial charge is 0.534 e. The van der Waals surface area contributed by atoms with Crippen LogP contribution in [0.2, 0.25) is 0 Å². The number of carboxylic acid groups (broad SMARTS) is 1. The van der Waals surface area contributed by atoms with Crippen LogP contribution in [0.25, 0.3) is 5.65 Å². The van der Waals surface area contributed by atoms with Gasteiger partial charge in [-0.2, -0.15) is 5.10 Å². The number of carbonyl (C=O) groups is 3. The Morgan fingerprint density at radius 3 is 2.58 bits per heavy atom. The number of hydrogen-bond acceptors (Lipinski definition) is 8. The fraction of sp³-hybridized carbons (Fsp3) is 0.125. The van der Waals surface area contributed by atoms with Crippen LogP contribution in [0.4, 0.5) is 0 Å². The number of carboxylic acids is 1. The van der Waals surface area contributed by atoms with Crippen molar-refractivity contribution in [2.75, 3.05) is 0 Å². The average molecular weight is 565 g/mol. The zero-order valence-corrected chi connectivity index (χ0v) is 21.3. The summed E-state index contributed by atoms with van der Waals surface area (Å²) in [4.78, 5) is 61.1. The maximum Gasteiger partial charge on any atom is 0.547 e. The van der Waals surface area contributed by atoms with Gasteiger partial charge < -0.3 is 35.2 Å². The average Bonchev–Trinajstić information content (AvgIpc) is 3.39. The summed E-state index contributed by atoms with van der Waals surface area (Å²) in [5.41, 5.74) is 1.07. The number of amides is 2. The topological polar surface area (TPSA) is 213 Å². The first-order valence-corrected chi connectivity index (χ1v) is 13.4. The number of hydrogen-bond donors (Lipinski definition) is 6. The van der Waals surface area contributed by atoms with E-state index < -0.39 is 44.5 Å². The molecule has 1 aliphatic heterocycles. The SMILES string of the molecule is O=C(NC(C(=O)NC1Cc2cccc(C(=O)O)c2OB1O)c1ccc(P(=O)(O)O)cc1)c1cnc2ccnn2c1. The molecule has 0 saturated carbocycles. The molecule has 0 saturated heterocycles. The number of rotatable bonds is 7. The van der Waals surface area contributed by atoms with Gasteiger partial charge in [-0.05, 0) is 35.7 Å². The molecule has 3 heterocycles. The van der Waals surface area contributed by atoms with Crippen molar-refractivity contribution < 1.29 is 43.5 Å². The molecule has 4 aromatic rings. The Morgan fingerprint density at radius 2 is 1.88 bits per heavy atom. The van der Waals surface area contributed by atoms with Crippen LogP contribution in [0.5, 0.6) is 5.75 Å². The van der Waals surface area contributed by atoms with Gasteiger partial charge in [-0.3, -0.25) is 14.2 Å². The summed E-state index contributed by atoms with van der Waals surface area (Å²) in [5.74, 6) is -3.72. The molecule has 0 spiro atoms. The monoisotopic (exact) mass is 565 g/mol. The summed E-state index contributed by atoms with van der Waals surface area (Å²) in [6.07, 6.45) is 4.24. The molecule has 2 aromatic heterocycles. The van der Waals surface area contributed by atoms with Crippen molar-refractivity contribution in [3.05, 3.63) is 89.4 Å². The molecule has 2 amide bonds. The molecule has 2 aromatic carbocycles. The van der Waals surface area contributed by atoms with E-state index in [0.717, 1.165) is 12.1 Å². The Bertz CT molecular complexity index is 1670. The Hall–Kier alpha value is -4.56. The van der Waals surface area contributed by atoms with Crippen LogP contribution in [0.1, 0.15) is 37.9 Å². The molecule has 0 radical (unpaired) electrons. The molecule has 2 atom stereocenters. The lowest BCUT2D eigenvalue weighted by Gasteiger charge is -2.30. The summed E-state index contributed by atoms with van der Waals surface area (Å²) >= 11 is 0. The molecule has 0 aliphatic carbocycles. The quantitative estimate of drug-likeness (QED) is 0.128. The molecule has 204 valence electrons. The maximum absolute atomic E-state index is 13.5. The molecule has 0 fully saturated rings. The van der Waals surface area contributed by atoms with E-state index in [0.29, 0.717) is 11.2 Å². The third-order valence-corrected chi connectivity index (χ3v) is 7.26. The lowest BCUT2D eigenvalue weighted by atomic mass is 9.72. The van der Waals surface area contributed by atoms with E-state index in [1.165, 1.54) is 47.4 Å². The minimum Gasteiger partial charge on any atom is -0.534 e. The van der Waals surface area contributed by atoms with Gasteiger partial charge in [0.15, 0.2) is 5.65 Å². The van der Waals surface area contributed by atoms with Crippen molar-refractivity contribution in [3.63, 3.8) is 0 Å². The van der Waals surface area contributed by atoms with Crippen LogP contribution < -0.4 is 20.6 Å². The van der Waals surface area contributed by atoms with Gasteiger partial charge in [0.05, 0.1) is 28.6 Å². The van der Waals surface area contributed by atoms with Crippen LogP contribution in [0, 0.1) is 0 Å². The molecule has 6 N–H and O–H groups in total. The number of carbonyl (C=O) groups excluding carboxylic acids is 2. The lowest BCUT2D eigenvalue weighted by Crippen LogP contribution is -2.55. The van der Waals surface area contributed by atoms with E-state index in [-0.39, 0.29) is 34.2 Å². The number of fused-ring (bicyclic) bond motifs is 2. The number of para-hydroxylation sites is 1. The number of nitrogens with zero attached hydrogens (tertiary/aromatic N) is 3. The van der Waals surface area contributed by atoms with Gasteiger partial charge in [0, 0.05) is 18.5 Å². The highest BCUT2D eigenvalue weighted by Gasteiger charge is 2.39. The van der Waals surface area contributed by atoms with Crippen LogP contribution in [0.3, 0.4) is 0 Å². The van der Waals surface area contributed by atoms with Crippen LogP contribution in [-0.2, 0) is 15.8 Å². The highest BCUT2D eigenvalue weighted by molar-refractivity contribution is 7.60. The minimum absolute atomic E-state index is 0.00705. The highest BCUT2D eigenvalue weighted by atomic mass is 31.2. The first-order valence-electron chi connectivity index (χ1n) is 11.8. The molecule has 5 rings (SSSR count). The third-order valence-electron chi connectivity index (χ3n) is 6.29. The van der Waals surface area contributed by atoms with Crippen molar-refractivity contribution >= 4 is 43.4 Å². The van der Waals surface area contributed by atoms with Crippen LogP contribution >= 0.6 is 7.60 Å². The van der Waals surface area contributed by atoms with E-state index in [1.807, 2.05) is 0 Å². The van der Waals surface area contributed by atoms with E-state index in [1.54, 1.807) is 12.1 Å². The molecule has 1 aliphatic rings. The Balaban J connectivity index is 1.42. The van der Waals surface area contributed by atoms with Gasteiger partial charge >= 0.3 is 20.7 Å². The fourth-order valence-corrected chi connectivity index (χ4v) is 4.82. The molecule has 16 heteroatoms. The fourth-order valence-electron chi connectivity index (χ4n) is 4.28. The summed E-state index contributed by atoms with van der Waals surface area (Å²) < 4.78 is 18.4. The van der Waals surface area contributed by atoms with Crippen LogP contribution in [-0.4, -0.2) is 65.4 Å². The number of aromatic carboxylic acids is 1. The van der Waals surface area contributed by atoms with E-state index >= 15 is 0 Å². The van der Waals surface area contributed by atoms with Gasteiger partial charge in [0.1, 0.15) is 11.8 Å². The van der Waals surface area contributed by atoms with Gasteiger partial charge in [-0.1, -0.05) is 24.3 Å². The summed E-state index contributed by atoms with van der Waals surface area (Å²) in [6.45, 7) is 0. The summed E-state index contributed by atoms with van der Waals surface area (Å²) in [7, 11) is -6.16. The van der Waals surface area contributed by atoms with E-state index in [4.69, 9.17) is 4.65 Å². The van der Waals surface area contributed by atoms with Crippen molar-refractivity contribution in [2.45, 2.75) is 18.4 Å². The van der Waals surface area contributed by atoms with E-state index in [9.17, 15) is 38.9 Å². The van der Waals surface area contributed by atoms with Gasteiger partial charge in [-0.25, -0.2) is 14.3 Å². The summed E-state index contributed by atoms with van der Waals surface area (Å²) in [5, 5.41) is 28.9. The Kier molecular flexibility index (Phi) is 7.13. The molecular weight excluding hydrogens is 544 g/mol. The van der Waals surface area contributed by atoms with Crippen molar-refractivity contribution in [2.24, 2.45) is 0 Å². The second kappa shape index (κ2) is 10.5. The number of nitrogens with one attached hydrogen (secondary N) is 2. The number of benzene rings is 2. The van der Waals surface area contributed by atoms with Gasteiger partial charge in [0.2, 0.25) is 5.91 Å². The van der Waals surface area contributed by atoms with E-state index in [2.05, 4.69) is 20.7 Å². The van der Waals surface area contributed by atoms with Crippen molar-refractivity contribution in [1.29, 1.82) is 0 Å². The van der Waals surface area contributed by atoms with Crippen molar-refractivity contribution in [1.82, 2.24) is 25.2 Å². The first kappa shape index (κ1) is 27.0. The zero-order valence-electron chi connectivity index (χ0n) is 20.4. The molecule has 40 heavy (non-hydrogen) atoms. The zero-order chi connectivity index (χ0) is 28.6. The van der Waals surface area contributed by atoms with Gasteiger partial charge in [-0.15, -0.1) is 0 Å². The maximum atomic E-state index is 13.5. The summed E-state index contributed by atoms with van der Waals surface area (Å²) in [6, 6.07) is 9.57. The first-order chi connectivity index (χ1) is 19.0. The lowest BCUT2D eigenvalue weighted by molar-refractivity contribution is -0.123. The molecule has 2 unspecified atom stereocenters. The second-order valence-corrected chi connectivity index (χ2v) is 10.5. The number of aromatic nitrogens is 3. The Morgan fingerprint density at radius 1 is 1.12 bits per heavy atom. The normalized spacial score (nSPS) is 15.6. The van der Waals surface area contributed by atoms with Gasteiger partial charge in [0.25, 0.3) is 5.91 Å². The third kappa shape index (κ3) is 5.44. The minimum atomic E-state index is -4.56. The predicted molar refractivity (Wildman–Crippen MR) is 139 cm³/mol. The predicted octanol–water partition coefficient (Wildman–Crippen LogP) is -0.159. The largest absolute Gasteiger partial charge is 0.547 e. The molecular formula is C24H21BN5O9P. The van der Waals surface area contributed by atoms with Crippen molar-refractivity contribution in [3.8, 4) is 5.75 Å². The second-order valence-electron chi connectivity index (χ2n) is 8.95. The standard InChI is InChI=1S/C24H21BN5O9P/c31-22(15-11-26-19-8-9-27-30(19)12-15)29-20(13-4-6-16(7-5-13)40(36,37)38)23(32)28-18-10-14-2-1-3-17(24(33)34)21(14)39-25(18)35/h1-9,11-12,18,20,35H,10H2,(H,28,32)(H,29,31)(H,33,34)(H2,36,37,38). The molecule has 0 bridgehead atoms. The molecule has 14 nitrogen and oxygen atoms in total. The highest BCUT2D eigenvalue weighted by Crippen LogP contribution is 2.33. The Labute approximate surface area is 225 Å². The van der Waals surface area contributed by atoms with Crippen LogP contribution in [0.15, 0.2) is 67.1 Å².